The van der Waals surface area contributed by atoms with Crippen LogP contribution in [0.25, 0.3) is 56.4 Å². The van der Waals surface area contributed by atoms with Crippen molar-refractivity contribution in [2.45, 2.75) is 13.0 Å². The second-order valence-corrected chi connectivity index (χ2v) is 17.4. The van der Waals surface area contributed by atoms with Gasteiger partial charge < -0.3 is 59.0 Å². The van der Waals surface area contributed by atoms with Gasteiger partial charge in [0.2, 0.25) is 0 Å². The predicted octanol–water partition coefficient (Wildman–Crippen LogP) is 7.58. The molecule has 0 aliphatic heterocycles. The third-order valence-electron chi connectivity index (χ3n) is 11.4. The first kappa shape index (κ1) is 59.9. The van der Waals surface area contributed by atoms with Gasteiger partial charge >= 0.3 is 42.2 Å². The molecule has 6 aromatic rings. The van der Waals surface area contributed by atoms with Crippen molar-refractivity contribution >= 4 is 42.2 Å². The summed E-state index contributed by atoms with van der Waals surface area (Å²) in [5.41, 5.74) is 3.77. The lowest BCUT2D eigenvalue weighted by Crippen LogP contribution is -2.47. The third-order valence-corrected chi connectivity index (χ3v) is 11.4. The number of esters is 4. The van der Waals surface area contributed by atoms with Crippen LogP contribution in [0.2, 0.25) is 0 Å². The molecule has 22 heteroatoms. The number of rotatable bonds is 28. The molecule has 0 fully saturated rings. The number of carbonyl (C=O) groups is 7. The highest BCUT2D eigenvalue weighted by atomic mass is 16.6. The van der Waals surface area contributed by atoms with Crippen LogP contribution in [0.4, 0.5) is 14.4 Å². The number of nitrogens with zero attached hydrogens (tertiary/aromatic N) is 3. The minimum absolute atomic E-state index is 0.0193. The second-order valence-electron chi connectivity index (χ2n) is 17.4. The Morgan fingerprint density at radius 1 is 0.481 bits per heavy atom. The van der Waals surface area contributed by atoms with Crippen LogP contribution in [0.15, 0.2) is 165 Å². The molecule has 0 radical (unpaired) electrons. The number of aromatic hydroxyl groups is 1. The van der Waals surface area contributed by atoms with E-state index in [0.29, 0.717) is 22.8 Å². The second kappa shape index (κ2) is 30.5. The smallest absolute Gasteiger partial charge is 0.407 e. The third kappa shape index (κ3) is 18.9. The predicted molar refractivity (Wildman–Crippen MR) is 294 cm³/mol. The minimum Gasteiger partial charge on any atom is -0.507 e. The summed E-state index contributed by atoms with van der Waals surface area (Å²) < 4.78 is 42.4. The number of amides is 3. The van der Waals surface area contributed by atoms with E-state index in [1.807, 2.05) is 109 Å². The first-order valence-corrected chi connectivity index (χ1v) is 25.0. The van der Waals surface area contributed by atoms with Gasteiger partial charge in [-0.05, 0) is 41.3 Å². The van der Waals surface area contributed by atoms with Gasteiger partial charge in [0.25, 0.3) is 0 Å². The molecular weight excluding hydrogens is 1050 g/mol. The molecule has 0 spiro atoms. The molecule has 4 N–H and O–H groups in total. The normalized spacial score (nSPS) is 11.0. The summed E-state index contributed by atoms with van der Waals surface area (Å²) >= 11 is 0. The fourth-order valence-electron chi connectivity index (χ4n) is 7.16. The monoisotopic (exact) mass is 1110 g/mol. The Morgan fingerprint density at radius 2 is 0.840 bits per heavy atom. The van der Waals surface area contributed by atoms with Gasteiger partial charge in [-0.3, -0.25) is 0 Å². The molecule has 420 valence electrons. The summed E-state index contributed by atoms with van der Waals surface area (Å²) in [5.74, 6) is -2.73. The van der Waals surface area contributed by atoms with Crippen molar-refractivity contribution in [3.05, 3.63) is 165 Å². The Kier molecular flexibility index (Phi) is 22.6. The van der Waals surface area contributed by atoms with E-state index in [1.165, 1.54) is 25.1 Å². The van der Waals surface area contributed by atoms with Crippen molar-refractivity contribution in [3.8, 4) is 67.9 Å². The summed E-state index contributed by atoms with van der Waals surface area (Å²) in [5, 5.41) is 18.6. The van der Waals surface area contributed by atoms with Crippen molar-refractivity contribution < 1.29 is 76.6 Å². The van der Waals surface area contributed by atoms with E-state index in [9.17, 15) is 38.7 Å². The van der Waals surface area contributed by atoms with Gasteiger partial charge in [-0.2, -0.15) is 0 Å². The van der Waals surface area contributed by atoms with Gasteiger partial charge in [-0.25, -0.2) is 48.5 Å². The van der Waals surface area contributed by atoms with Gasteiger partial charge in [0.1, 0.15) is 63.2 Å². The summed E-state index contributed by atoms with van der Waals surface area (Å²) in [7, 11) is 0. The van der Waals surface area contributed by atoms with E-state index >= 15 is 0 Å². The Labute approximate surface area is 465 Å². The summed E-state index contributed by atoms with van der Waals surface area (Å²) in [6, 6.07) is 39.5. The number of carbonyl (C=O) groups excluding carboxylic acids is 7. The Bertz CT molecular complexity index is 2950. The molecular formula is C59H58N6O16. The lowest BCUT2D eigenvalue weighted by atomic mass is 9.92. The van der Waals surface area contributed by atoms with Gasteiger partial charge in [0, 0.05) is 35.4 Å². The Hall–Kier alpha value is -10.4. The number of hydrogen-bond acceptors (Lipinski definition) is 19. The highest BCUT2D eigenvalue weighted by Crippen LogP contribution is 2.34. The van der Waals surface area contributed by atoms with Gasteiger partial charge in [-0.1, -0.05) is 129 Å². The Morgan fingerprint density at radius 3 is 1.22 bits per heavy atom. The van der Waals surface area contributed by atoms with Crippen LogP contribution in [0.3, 0.4) is 0 Å². The average Bonchev–Trinajstić information content (AvgIpc) is 3.51. The molecule has 0 bridgehead atoms. The molecule has 1 unspecified atom stereocenters. The lowest BCUT2D eigenvalue weighted by molar-refractivity contribution is -0.158. The SMILES string of the molecule is C=CC(=O)OCCNC(=O)OCC(COC(=O)NCCOC(=O)C=C)(COC(=O)NCCOC(=O)C=C)COC(=O)C(C)Oc1ccc(-c2nc(-c3ccc(-c4ccccc4)cc3)nc(-c3ccc(-c4ccccc4)cc3)n2)c(O)c1. The molecule has 6 rings (SSSR count). The van der Waals surface area contributed by atoms with Crippen LogP contribution in [0.5, 0.6) is 11.5 Å². The van der Waals surface area contributed by atoms with Gasteiger partial charge in [0.05, 0.1) is 25.2 Å². The van der Waals surface area contributed by atoms with Crippen LogP contribution in [-0.2, 0) is 52.3 Å². The van der Waals surface area contributed by atoms with Crippen LogP contribution in [0, 0.1) is 5.41 Å². The van der Waals surface area contributed by atoms with Crippen LogP contribution in [0.1, 0.15) is 6.92 Å². The molecule has 0 saturated carbocycles. The standard InChI is InChI=1S/C59H58N6O16/c1-5-49(67)74-31-28-60-56(71)78-36-59(37-79-57(72)61-29-32-75-50(68)6-2,38-80-58(73)62-30-33-76-51(69)7-3)35-77-55(70)39(4)81-46-26-27-47(48(66)34-46)54-64-52(44-22-18-42(19-23-44)40-14-10-8-11-15-40)63-53(65-54)45-24-20-43(21-25-45)41-16-12-9-13-17-41/h5-27,34,39,66H,1-3,28-33,35-38H2,4H3,(H,60,71)(H,61,72)(H,62,73). The first-order chi connectivity index (χ1) is 39.2. The van der Waals surface area contributed by atoms with E-state index in [1.54, 1.807) is 0 Å². The summed E-state index contributed by atoms with van der Waals surface area (Å²) in [4.78, 5) is 101. The Balaban J connectivity index is 1.21. The molecule has 0 saturated heterocycles. The number of aromatic nitrogens is 3. The van der Waals surface area contributed by atoms with Crippen molar-refractivity contribution in [1.29, 1.82) is 0 Å². The maximum atomic E-state index is 13.7. The number of phenolic OH excluding ortho intramolecular Hbond substituents is 1. The number of hydrogen-bond donors (Lipinski definition) is 4. The summed E-state index contributed by atoms with van der Waals surface area (Å²) in [6.45, 7) is 6.87. The number of ether oxygens (including phenoxy) is 8. The number of nitrogens with one attached hydrogen (secondary N) is 3. The van der Waals surface area contributed by atoms with E-state index < -0.39 is 80.1 Å². The topological polar surface area (TPSA) is 288 Å². The zero-order chi connectivity index (χ0) is 58.0. The largest absolute Gasteiger partial charge is 0.507 e. The zero-order valence-corrected chi connectivity index (χ0v) is 44.0. The summed E-state index contributed by atoms with van der Waals surface area (Å²) in [6.07, 6.45) is -1.81. The quantitative estimate of drug-likeness (QED) is 0.0159. The average molecular weight is 1110 g/mol. The molecule has 3 amide bonds. The van der Waals surface area contributed by atoms with Crippen molar-refractivity contribution in [1.82, 2.24) is 30.9 Å². The number of alkyl carbamates (subject to hydrolysis) is 3. The van der Waals surface area contributed by atoms with E-state index in [2.05, 4.69) is 35.7 Å². The van der Waals surface area contributed by atoms with Crippen LogP contribution < -0.4 is 20.7 Å². The molecule has 0 aliphatic carbocycles. The molecule has 5 aromatic carbocycles. The number of phenols is 1. The van der Waals surface area contributed by atoms with Crippen molar-refractivity contribution in [3.63, 3.8) is 0 Å². The molecule has 1 heterocycles. The molecule has 1 aromatic heterocycles. The van der Waals surface area contributed by atoms with Crippen molar-refractivity contribution in [2.24, 2.45) is 5.41 Å². The van der Waals surface area contributed by atoms with E-state index in [-0.39, 0.29) is 62.3 Å². The highest BCUT2D eigenvalue weighted by molar-refractivity contribution is 5.82. The number of benzene rings is 5. The molecule has 0 aliphatic rings. The minimum atomic E-state index is -1.85. The lowest BCUT2D eigenvalue weighted by Gasteiger charge is -2.32. The molecule has 1 atom stereocenters. The zero-order valence-electron chi connectivity index (χ0n) is 44.0. The maximum Gasteiger partial charge on any atom is 0.407 e. The van der Waals surface area contributed by atoms with E-state index in [4.69, 9.17) is 52.8 Å². The molecule has 81 heavy (non-hydrogen) atoms. The fraction of sp³-hybridized carbons (Fsp3) is 0.220. The van der Waals surface area contributed by atoms with Crippen molar-refractivity contribution in [2.75, 3.05) is 65.9 Å². The highest BCUT2D eigenvalue weighted by Gasteiger charge is 2.39. The fourth-order valence-corrected chi connectivity index (χ4v) is 7.16. The van der Waals surface area contributed by atoms with Gasteiger partial charge in [-0.15, -0.1) is 0 Å². The maximum absolute atomic E-state index is 13.7. The molecule has 22 nitrogen and oxygen atoms in total. The van der Waals surface area contributed by atoms with Crippen LogP contribution >= 0.6 is 0 Å². The van der Waals surface area contributed by atoms with Gasteiger partial charge in [0.15, 0.2) is 23.6 Å². The van der Waals surface area contributed by atoms with Crippen LogP contribution in [-0.4, -0.2) is 134 Å². The first-order valence-electron chi connectivity index (χ1n) is 25.0. The van der Waals surface area contributed by atoms with E-state index in [0.717, 1.165) is 40.5 Å².